The van der Waals surface area contributed by atoms with E-state index in [1.165, 1.54) is 0 Å². The molecule has 5 nitrogen and oxygen atoms in total. The van der Waals surface area contributed by atoms with Gasteiger partial charge in [-0.1, -0.05) is 0 Å². The summed E-state index contributed by atoms with van der Waals surface area (Å²) in [7, 11) is -1.20. The van der Waals surface area contributed by atoms with Crippen LogP contribution in [-0.2, 0) is 14.6 Å². The van der Waals surface area contributed by atoms with Gasteiger partial charge in [-0.25, -0.2) is 8.42 Å². The van der Waals surface area contributed by atoms with Crippen molar-refractivity contribution in [3.8, 4) is 0 Å². The topological polar surface area (TPSA) is 72.6 Å². The summed E-state index contributed by atoms with van der Waals surface area (Å²) in [5, 5.41) is 0. The van der Waals surface area contributed by atoms with E-state index in [1.54, 1.807) is 7.11 Å². The Labute approximate surface area is 91.5 Å². The standard InChI is InChI=1S/C9H20N2O3S/c1-14-8-9(7-10)11-3-2-5-15(12,13)6-4-11/h9H,2-8,10H2,1H3. The van der Waals surface area contributed by atoms with Crippen molar-refractivity contribution in [2.24, 2.45) is 5.73 Å². The van der Waals surface area contributed by atoms with Gasteiger partial charge in [0.2, 0.25) is 0 Å². The molecule has 0 saturated carbocycles. The molecule has 90 valence electrons. The fourth-order valence-corrected chi connectivity index (χ4v) is 3.12. The van der Waals surface area contributed by atoms with Crippen LogP contribution in [0.15, 0.2) is 0 Å². The van der Waals surface area contributed by atoms with E-state index >= 15 is 0 Å². The van der Waals surface area contributed by atoms with E-state index in [9.17, 15) is 8.42 Å². The minimum atomic E-state index is -2.83. The molecule has 0 aliphatic carbocycles. The van der Waals surface area contributed by atoms with Gasteiger partial charge in [0.1, 0.15) is 0 Å². The minimum Gasteiger partial charge on any atom is -0.383 e. The first-order valence-corrected chi connectivity index (χ1v) is 7.04. The SMILES string of the molecule is COCC(CN)N1CCCS(=O)(=O)CC1. The molecule has 0 radical (unpaired) electrons. The maximum atomic E-state index is 11.4. The molecule has 2 N–H and O–H groups in total. The normalized spacial score (nSPS) is 24.7. The third kappa shape index (κ3) is 4.06. The second-order valence-corrected chi connectivity index (χ2v) is 6.19. The highest BCUT2D eigenvalue weighted by Crippen LogP contribution is 2.08. The first kappa shape index (κ1) is 12.9. The maximum absolute atomic E-state index is 11.4. The molecule has 1 heterocycles. The molecule has 1 unspecified atom stereocenters. The van der Waals surface area contributed by atoms with Crippen LogP contribution in [0, 0.1) is 0 Å². The molecule has 1 aliphatic heterocycles. The Balaban J connectivity index is 2.55. The maximum Gasteiger partial charge on any atom is 0.151 e. The van der Waals surface area contributed by atoms with Gasteiger partial charge in [0, 0.05) is 26.2 Å². The summed E-state index contributed by atoms with van der Waals surface area (Å²) < 4.78 is 27.9. The summed E-state index contributed by atoms with van der Waals surface area (Å²) >= 11 is 0. The Morgan fingerprint density at radius 2 is 2.13 bits per heavy atom. The Bertz CT molecular complexity index is 279. The number of methoxy groups -OCH3 is 1. The molecule has 1 rings (SSSR count). The Kier molecular flexibility index (Phi) is 4.98. The molecular weight excluding hydrogens is 216 g/mol. The van der Waals surface area contributed by atoms with Crippen molar-refractivity contribution in [3.63, 3.8) is 0 Å². The minimum absolute atomic E-state index is 0.142. The van der Waals surface area contributed by atoms with Gasteiger partial charge in [-0.3, -0.25) is 4.90 Å². The van der Waals surface area contributed by atoms with Crippen LogP contribution in [0.1, 0.15) is 6.42 Å². The van der Waals surface area contributed by atoms with E-state index in [0.29, 0.717) is 31.9 Å². The molecule has 0 bridgehead atoms. The first-order valence-electron chi connectivity index (χ1n) is 5.22. The van der Waals surface area contributed by atoms with Crippen LogP contribution in [-0.4, -0.2) is 64.2 Å². The second kappa shape index (κ2) is 5.79. The smallest absolute Gasteiger partial charge is 0.151 e. The van der Waals surface area contributed by atoms with E-state index < -0.39 is 9.84 Å². The molecule has 0 amide bonds. The van der Waals surface area contributed by atoms with Crippen LogP contribution in [0.2, 0.25) is 0 Å². The van der Waals surface area contributed by atoms with Gasteiger partial charge in [-0.05, 0) is 13.0 Å². The van der Waals surface area contributed by atoms with Gasteiger partial charge in [0.05, 0.1) is 18.1 Å². The molecule has 1 fully saturated rings. The third-order valence-corrected chi connectivity index (χ3v) is 4.45. The van der Waals surface area contributed by atoms with E-state index in [1.807, 2.05) is 0 Å². The van der Waals surface area contributed by atoms with Crippen molar-refractivity contribution in [2.75, 3.05) is 44.9 Å². The van der Waals surface area contributed by atoms with Crippen molar-refractivity contribution in [1.82, 2.24) is 4.90 Å². The second-order valence-electron chi connectivity index (χ2n) is 3.89. The fourth-order valence-electron chi connectivity index (χ4n) is 1.84. The molecule has 1 atom stereocenters. The van der Waals surface area contributed by atoms with Gasteiger partial charge >= 0.3 is 0 Å². The number of rotatable bonds is 4. The number of hydrogen-bond acceptors (Lipinski definition) is 5. The molecule has 1 saturated heterocycles. The van der Waals surface area contributed by atoms with E-state index in [4.69, 9.17) is 10.5 Å². The molecule has 1 aliphatic rings. The van der Waals surface area contributed by atoms with Gasteiger partial charge in [-0.15, -0.1) is 0 Å². The van der Waals surface area contributed by atoms with Gasteiger partial charge in [0.15, 0.2) is 9.84 Å². The number of nitrogens with zero attached hydrogens (tertiary/aromatic N) is 1. The van der Waals surface area contributed by atoms with Gasteiger partial charge in [0.25, 0.3) is 0 Å². The molecule has 0 spiro atoms. The van der Waals surface area contributed by atoms with Crippen molar-refractivity contribution < 1.29 is 13.2 Å². The first-order chi connectivity index (χ1) is 7.09. The Hall–Kier alpha value is -0.170. The van der Waals surface area contributed by atoms with Crippen LogP contribution in [0.25, 0.3) is 0 Å². The number of hydrogen-bond donors (Lipinski definition) is 1. The van der Waals surface area contributed by atoms with E-state index in [-0.39, 0.29) is 11.8 Å². The summed E-state index contributed by atoms with van der Waals surface area (Å²) in [6.45, 7) is 2.45. The predicted molar refractivity (Wildman–Crippen MR) is 59.6 cm³/mol. The van der Waals surface area contributed by atoms with Crippen LogP contribution in [0.5, 0.6) is 0 Å². The van der Waals surface area contributed by atoms with Gasteiger partial charge in [-0.2, -0.15) is 0 Å². The lowest BCUT2D eigenvalue weighted by atomic mass is 10.2. The van der Waals surface area contributed by atoms with Gasteiger partial charge < -0.3 is 10.5 Å². The lowest BCUT2D eigenvalue weighted by molar-refractivity contribution is 0.0989. The van der Waals surface area contributed by atoms with Crippen LogP contribution in [0.4, 0.5) is 0 Å². The Morgan fingerprint density at radius 3 is 2.73 bits per heavy atom. The average molecular weight is 236 g/mol. The van der Waals surface area contributed by atoms with Crippen LogP contribution >= 0.6 is 0 Å². The highest BCUT2D eigenvalue weighted by atomic mass is 32.2. The lowest BCUT2D eigenvalue weighted by Gasteiger charge is -2.28. The fraction of sp³-hybridized carbons (Fsp3) is 1.00. The molecule has 15 heavy (non-hydrogen) atoms. The van der Waals surface area contributed by atoms with E-state index in [2.05, 4.69) is 4.90 Å². The summed E-state index contributed by atoms with van der Waals surface area (Å²) in [6.07, 6.45) is 0.697. The zero-order chi connectivity index (χ0) is 11.3. The van der Waals surface area contributed by atoms with Crippen LogP contribution in [0.3, 0.4) is 0 Å². The van der Waals surface area contributed by atoms with Crippen molar-refractivity contribution in [1.29, 1.82) is 0 Å². The molecule has 0 aromatic heterocycles. The quantitative estimate of drug-likeness (QED) is 0.683. The number of nitrogens with two attached hydrogens (primary N) is 1. The zero-order valence-corrected chi connectivity index (χ0v) is 10.0. The monoisotopic (exact) mass is 236 g/mol. The molecular formula is C9H20N2O3S. The molecule has 0 aromatic rings. The third-order valence-electron chi connectivity index (χ3n) is 2.74. The predicted octanol–water partition coefficient (Wildman–Crippen LogP) is -0.919. The summed E-state index contributed by atoms with van der Waals surface area (Å²) in [5.41, 5.74) is 5.64. The molecule has 0 aromatic carbocycles. The number of ether oxygens (including phenoxy) is 1. The average Bonchev–Trinajstić information content (AvgIpc) is 2.36. The zero-order valence-electron chi connectivity index (χ0n) is 9.18. The van der Waals surface area contributed by atoms with Crippen molar-refractivity contribution in [3.05, 3.63) is 0 Å². The van der Waals surface area contributed by atoms with Crippen molar-refractivity contribution in [2.45, 2.75) is 12.5 Å². The molecule has 6 heteroatoms. The Morgan fingerprint density at radius 1 is 1.40 bits per heavy atom. The number of sulfone groups is 1. The largest absolute Gasteiger partial charge is 0.383 e. The van der Waals surface area contributed by atoms with Crippen LogP contribution < -0.4 is 5.73 Å². The summed E-state index contributed by atoms with van der Waals surface area (Å²) in [6, 6.07) is 0.142. The highest BCUT2D eigenvalue weighted by molar-refractivity contribution is 7.91. The lowest BCUT2D eigenvalue weighted by Crippen LogP contribution is -2.44. The highest BCUT2D eigenvalue weighted by Gasteiger charge is 2.23. The summed E-state index contributed by atoms with van der Waals surface area (Å²) in [4.78, 5) is 2.12. The van der Waals surface area contributed by atoms with E-state index in [0.717, 1.165) is 6.54 Å². The van der Waals surface area contributed by atoms with Crippen molar-refractivity contribution >= 4 is 9.84 Å². The summed E-state index contributed by atoms with van der Waals surface area (Å²) in [5.74, 6) is 0.543.